The van der Waals surface area contributed by atoms with Gasteiger partial charge in [0.15, 0.2) is 0 Å². The molecule has 0 aromatic carbocycles. The van der Waals surface area contributed by atoms with Crippen molar-refractivity contribution in [1.82, 2.24) is 0 Å². The van der Waals surface area contributed by atoms with Crippen LogP contribution in [0.2, 0.25) is 0 Å². The highest BCUT2D eigenvalue weighted by molar-refractivity contribution is 5.43. The molecule has 2 rings (SSSR count). The van der Waals surface area contributed by atoms with Crippen molar-refractivity contribution in [2.75, 3.05) is 0 Å². The van der Waals surface area contributed by atoms with Crippen LogP contribution in [0.3, 0.4) is 0 Å². The average Bonchev–Trinajstić information content (AvgIpc) is 2.43. The number of hydrogen-bond donors (Lipinski definition) is 0. The predicted molar refractivity (Wildman–Crippen MR) is 71.1 cm³/mol. The van der Waals surface area contributed by atoms with E-state index in [1.165, 1.54) is 24.8 Å². The van der Waals surface area contributed by atoms with Gasteiger partial charge in [0.05, 0.1) is 0 Å². The molecule has 0 bridgehead atoms. The molecule has 0 aromatic heterocycles. The quantitative estimate of drug-likeness (QED) is 0.433. The molecule has 2 fully saturated rings. The summed E-state index contributed by atoms with van der Waals surface area (Å²) in [5.74, 6) is 0. The van der Waals surface area contributed by atoms with Gasteiger partial charge in [0.25, 0.3) is 0 Å². The second-order valence-corrected chi connectivity index (χ2v) is 5.20. The van der Waals surface area contributed by atoms with E-state index in [1.54, 1.807) is 12.2 Å². The van der Waals surface area contributed by atoms with E-state index in [9.17, 15) is 9.59 Å². The van der Waals surface area contributed by atoms with E-state index in [0.29, 0.717) is 6.42 Å². The molecule has 0 heterocycles. The maximum atomic E-state index is 10.7. The van der Waals surface area contributed by atoms with Crippen molar-refractivity contribution in [3.05, 3.63) is 16.9 Å². The zero-order valence-electron chi connectivity index (χ0n) is 11.1. The van der Waals surface area contributed by atoms with Gasteiger partial charge in [-0.3, -0.25) is 0 Å². The summed E-state index contributed by atoms with van der Waals surface area (Å²) in [7, 11) is 0. The fraction of sp³-hybridized carbons (Fsp3) is 0.667. The molecule has 19 heavy (non-hydrogen) atoms. The van der Waals surface area contributed by atoms with Crippen LogP contribution in [-0.2, 0) is 9.59 Å². The third kappa shape index (κ3) is 3.19. The molecular formula is C15H18N2O2. The summed E-state index contributed by atoms with van der Waals surface area (Å²) in [5.41, 5.74) is 4.48. The van der Waals surface area contributed by atoms with Gasteiger partial charge in [0, 0.05) is 5.57 Å². The highest BCUT2D eigenvalue weighted by Crippen LogP contribution is 2.37. The normalized spacial score (nSPS) is 26.9. The van der Waals surface area contributed by atoms with Gasteiger partial charge in [0.1, 0.15) is 0 Å². The van der Waals surface area contributed by atoms with Crippen LogP contribution in [0.5, 0.6) is 0 Å². The van der Waals surface area contributed by atoms with Gasteiger partial charge in [-0.2, -0.15) is 9.98 Å². The summed E-state index contributed by atoms with van der Waals surface area (Å²) >= 11 is 0. The van der Waals surface area contributed by atoms with Crippen LogP contribution < -0.4 is 0 Å². The number of rotatable bonds is 2. The van der Waals surface area contributed by atoms with E-state index in [-0.39, 0.29) is 0 Å². The molecule has 0 aromatic rings. The first kappa shape index (κ1) is 13.7. The summed E-state index contributed by atoms with van der Waals surface area (Å²) in [6, 6.07) is 0. The third-order valence-electron chi connectivity index (χ3n) is 3.93. The molecule has 0 unspecified atom stereocenters. The topological polar surface area (TPSA) is 58.9 Å². The summed E-state index contributed by atoms with van der Waals surface area (Å²) < 4.78 is 0. The Morgan fingerprint density at radius 1 is 0.842 bits per heavy atom. The molecule has 0 saturated heterocycles. The monoisotopic (exact) mass is 258 g/mol. The Morgan fingerprint density at radius 2 is 1.47 bits per heavy atom. The summed E-state index contributed by atoms with van der Waals surface area (Å²) in [6.45, 7) is 0. The van der Waals surface area contributed by atoms with E-state index < -0.39 is 5.66 Å². The second-order valence-electron chi connectivity index (χ2n) is 5.20. The zero-order valence-corrected chi connectivity index (χ0v) is 11.1. The minimum Gasteiger partial charge on any atom is -0.211 e. The van der Waals surface area contributed by atoms with Crippen LogP contribution in [0, 0.1) is 0 Å². The van der Waals surface area contributed by atoms with Crippen molar-refractivity contribution in [3.8, 4) is 0 Å². The Kier molecular flexibility index (Phi) is 4.65. The highest BCUT2D eigenvalue weighted by Gasteiger charge is 2.36. The lowest BCUT2D eigenvalue weighted by atomic mass is 9.83. The molecule has 100 valence electrons. The van der Waals surface area contributed by atoms with Crippen molar-refractivity contribution in [3.63, 3.8) is 0 Å². The largest absolute Gasteiger partial charge is 0.237 e. The van der Waals surface area contributed by atoms with Crippen LogP contribution in [0.1, 0.15) is 57.8 Å². The molecule has 0 N–H and O–H groups in total. The smallest absolute Gasteiger partial charge is 0.211 e. The standard InChI is InChI=1S/C15H18N2O2/c18-11-16-15(17-12-19)9-5-4-8-14(15)10-13-6-2-1-3-7-13/h1-9H2. The van der Waals surface area contributed by atoms with Gasteiger partial charge < -0.3 is 0 Å². The Bertz CT molecular complexity index is 476. The fourth-order valence-electron chi connectivity index (χ4n) is 2.93. The molecule has 2 saturated carbocycles. The Morgan fingerprint density at radius 3 is 2.11 bits per heavy atom. The fourth-order valence-corrected chi connectivity index (χ4v) is 2.93. The van der Waals surface area contributed by atoms with Gasteiger partial charge in [-0.05, 0) is 56.9 Å². The van der Waals surface area contributed by atoms with Crippen LogP contribution in [0.4, 0.5) is 0 Å². The van der Waals surface area contributed by atoms with Crippen molar-refractivity contribution < 1.29 is 9.59 Å². The van der Waals surface area contributed by atoms with Crippen LogP contribution >= 0.6 is 0 Å². The Hall–Kier alpha value is -1.72. The van der Waals surface area contributed by atoms with Gasteiger partial charge >= 0.3 is 0 Å². The summed E-state index contributed by atoms with van der Waals surface area (Å²) in [5, 5.41) is 0. The van der Waals surface area contributed by atoms with Crippen molar-refractivity contribution >= 4 is 12.2 Å². The minimum absolute atomic E-state index is 0.576. The Balaban J connectivity index is 2.46. The maximum Gasteiger partial charge on any atom is 0.237 e. The number of isocyanates is 2. The lowest BCUT2D eigenvalue weighted by Gasteiger charge is -2.28. The van der Waals surface area contributed by atoms with Crippen LogP contribution in [-0.4, -0.2) is 17.8 Å². The van der Waals surface area contributed by atoms with E-state index in [4.69, 9.17) is 0 Å². The number of nitrogens with zero attached hydrogens (tertiary/aromatic N) is 2. The predicted octanol–water partition coefficient (Wildman–Crippen LogP) is 3.34. The van der Waals surface area contributed by atoms with Crippen molar-refractivity contribution in [2.24, 2.45) is 9.98 Å². The molecule has 0 amide bonds. The first-order chi connectivity index (χ1) is 9.30. The van der Waals surface area contributed by atoms with Gasteiger partial charge in [-0.15, -0.1) is 5.73 Å². The average molecular weight is 258 g/mol. The minimum atomic E-state index is -1.06. The number of hydrogen-bond acceptors (Lipinski definition) is 4. The van der Waals surface area contributed by atoms with Crippen LogP contribution in [0.25, 0.3) is 0 Å². The van der Waals surface area contributed by atoms with Gasteiger partial charge in [0.2, 0.25) is 17.8 Å². The van der Waals surface area contributed by atoms with Crippen LogP contribution in [0.15, 0.2) is 26.9 Å². The second kappa shape index (κ2) is 6.45. The number of carbonyl (C=O) groups excluding carboxylic acids is 2. The summed E-state index contributed by atoms with van der Waals surface area (Å²) in [4.78, 5) is 28.9. The maximum absolute atomic E-state index is 10.7. The first-order valence-electron chi connectivity index (χ1n) is 6.97. The van der Waals surface area contributed by atoms with Gasteiger partial charge in [-0.1, -0.05) is 6.42 Å². The molecular weight excluding hydrogens is 240 g/mol. The molecule has 0 aliphatic heterocycles. The lowest BCUT2D eigenvalue weighted by molar-refractivity contribution is 0.394. The SMILES string of the molecule is O=C=NC1(N=C=O)CCCCC1=C=C1CCCCC1. The molecule has 4 nitrogen and oxygen atoms in total. The molecule has 0 atom stereocenters. The molecule has 2 aliphatic carbocycles. The third-order valence-corrected chi connectivity index (χ3v) is 3.93. The molecule has 4 heteroatoms. The Labute approximate surface area is 113 Å². The lowest BCUT2D eigenvalue weighted by Crippen LogP contribution is -2.29. The highest BCUT2D eigenvalue weighted by atomic mass is 16.1. The van der Waals surface area contributed by atoms with E-state index in [0.717, 1.165) is 37.7 Å². The first-order valence-corrected chi connectivity index (χ1v) is 6.97. The van der Waals surface area contributed by atoms with E-state index in [2.05, 4.69) is 15.7 Å². The zero-order chi connectivity index (χ0) is 13.6. The molecule has 2 aliphatic rings. The van der Waals surface area contributed by atoms with Crippen molar-refractivity contribution in [2.45, 2.75) is 63.5 Å². The number of aliphatic imine (C=N–C) groups is 2. The van der Waals surface area contributed by atoms with E-state index in [1.807, 2.05) is 0 Å². The van der Waals surface area contributed by atoms with E-state index >= 15 is 0 Å². The summed E-state index contributed by atoms with van der Waals surface area (Å²) in [6.07, 6.45) is 12.2. The van der Waals surface area contributed by atoms with Crippen molar-refractivity contribution in [1.29, 1.82) is 0 Å². The molecule has 0 radical (unpaired) electrons. The van der Waals surface area contributed by atoms with Gasteiger partial charge in [-0.25, -0.2) is 9.59 Å². The molecule has 0 spiro atoms.